The van der Waals surface area contributed by atoms with Crippen molar-refractivity contribution in [3.63, 3.8) is 0 Å². The molecule has 0 radical (unpaired) electrons. The Labute approximate surface area is 91.7 Å². The van der Waals surface area contributed by atoms with Crippen LogP contribution in [0.15, 0.2) is 25.3 Å². The second kappa shape index (κ2) is 7.63. The lowest BCUT2D eigenvalue weighted by atomic mass is 10.1. The van der Waals surface area contributed by atoms with Crippen molar-refractivity contribution in [2.24, 2.45) is 0 Å². The normalized spacial score (nSPS) is 26.1. The maximum atomic E-state index is 5.59. The smallest absolute Gasteiger partial charge is 0.0833 e. The van der Waals surface area contributed by atoms with Gasteiger partial charge in [-0.15, -0.1) is 13.2 Å². The first kappa shape index (κ1) is 12.4. The molecule has 0 N–H and O–H groups in total. The average Bonchev–Trinajstić information content (AvgIpc) is 2.27. The summed E-state index contributed by atoms with van der Waals surface area (Å²) >= 11 is 0. The molecule has 0 aromatic rings. The van der Waals surface area contributed by atoms with Gasteiger partial charge in [0.05, 0.1) is 32.0 Å². The van der Waals surface area contributed by atoms with E-state index in [2.05, 4.69) is 13.2 Å². The van der Waals surface area contributed by atoms with Gasteiger partial charge in [-0.1, -0.05) is 12.2 Å². The zero-order valence-corrected chi connectivity index (χ0v) is 9.19. The van der Waals surface area contributed by atoms with Crippen LogP contribution in [0.5, 0.6) is 0 Å². The summed E-state index contributed by atoms with van der Waals surface area (Å²) in [6.07, 6.45) is 5.84. The Kier molecular flexibility index (Phi) is 6.32. The van der Waals surface area contributed by atoms with Crippen LogP contribution in [-0.4, -0.2) is 38.6 Å². The van der Waals surface area contributed by atoms with Gasteiger partial charge in [0.2, 0.25) is 0 Å². The van der Waals surface area contributed by atoms with Gasteiger partial charge >= 0.3 is 0 Å². The molecule has 0 aromatic heterocycles. The minimum absolute atomic E-state index is 0.161. The molecule has 0 bridgehead atoms. The molecule has 3 nitrogen and oxygen atoms in total. The van der Waals surface area contributed by atoms with E-state index in [-0.39, 0.29) is 12.2 Å². The molecule has 2 atom stereocenters. The van der Waals surface area contributed by atoms with Crippen molar-refractivity contribution >= 4 is 0 Å². The summed E-state index contributed by atoms with van der Waals surface area (Å²) < 4.78 is 16.5. The standard InChI is InChI=1S/C12H20O3/c1-3-6-13-10-12-9-11(5-8-15-12)14-7-4-2/h3-4,11-12H,1-2,5-10H2. The highest BCUT2D eigenvalue weighted by Crippen LogP contribution is 2.17. The molecule has 1 fully saturated rings. The first-order valence-electron chi connectivity index (χ1n) is 5.39. The fourth-order valence-corrected chi connectivity index (χ4v) is 1.60. The van der Waals surface area contributed by atoms with Crippen LogP contribution in [-0.2, 0) is 14.2 Å². The summed E-state index contributed by atoms with van der Waals surface area (Å²) in [5.41, 5.74) is 0. The van der Waals surface area contributed by atoms with Gasteiger partial charge in [-0.25, -0.2) is 0 Å². The third-order valence-corrected chi connectivity index (χ3v) is 2.31. The van der Waals surface area contributed by atoms with Crippen LogP contribution in [0.25, 0.3) is 0 Å². The van der Waals surface area contributed by atoms with Gasteiger partial charge < -0.3 is 14.2 Å². The van der Waals surface area contributed by atoms with Crippen LogP contribution in [0.3, 0.4) is 0 Å². The first-order chi connectivity index (χ1) is 7.36. The van der Waals surface area contributed by atoms with Gasteiger partial charge in [-0.2, -0.15) is 0 Å². The summed E-state index contributed by atoms with van der Waals surface area (Å²) in [4.78, 5) is 0. The molecule has 86 valence electrons. The Morgan fingerprint density at radius 3 is 2.80 bits per heavy atom. The van der Waals surface area contributed by atoms with E-state index in [1.165, 1.54) is 0 Å². The lowest BCUT2D eigenvalue weighted by molar-refractivity contribution is -0.0909. The highest BCUT2D eigenvalue weighted by Gasteiger charge is 2.22. The molecule has 1 aliphatic rings. The predicted molar refractivity (Wildman–Crippen MR) is 59.9 cm³/mol. The minimum atomic E-state index is 0.161. The monoisotopic (exact) mass is 212 g/mol. The summed E-state index contributed by atoms with van der Waals surface area (Å²) in [6.45, 7) is 9.81. The van der Waals surface area contributed by atoms with Crippen molar-refractivity contribution in [3.8, 4) is 0 Å². The maximum Gasteiger partial charge on any atom is 0.0833 e. The fourth-order valence-electron chi connectivity index (χ4n) is 1.60. The topological polar surface area (TPSA) is 27.7 Å². The molecule has 15 heavy (non-hydrogen) atoms. The first-order valence-corrected chi connectivity index (χ1v) is 5.39. The van der Waals surface area contributed by atoms with Gasteiger partial charge in [-0.3, -0.25) is 0 Å². The van der Waals surface area contributed by atoms with Crippen LogP contribution in [0.1, 0.15) is 12.8 Å². The molecule has 0 aliphatic carbocycles. The number of ether oxygens (including phenoxy) is 3. The Morgan fingerprint density at radius 2 is 2.07 bits per heavy atom. The molecular weight excluding hydrogens is 192 g/mol. The Morgan fingerprint density at radius 1 is 1.27 bits per heavy atom. The molecule has 1 aliphatic heterocycles. The summed E-state index contributed by atoms with van der Waals surface area (Å²) in [7, 11) is 0. The fraction of sp³-hybridized carbons (Fsp3) is 0.667. The van der Waals surface area contributed by atoms with Gasteiger partial charge in [0, 0.05) is 13.0 Å². The van der Waals surface area contributed by atoms with Gasteiger partial charge in [-0.05, 0) is 6.42 Å². The Bertz CT molecular complexity index is 191. The second-order valence-electron chi connectivity index (χ2n) is 3.59. The molecule has 1 heterocycles. The zero-order chi connectivity index (χ0) is 10.9. The third-order valence-electron chi connectivity index (χ3n) is 2.31. The third kappa shape index (κ3) is 5.11. The number of rotatable bonds is 7. The Hall–Kier alpha value is -0.640. The predicted octanol–water partition coefficient (Wildman–Crippen LogP) is 1.94. The highest BCUT2D eigenvalue weighted by atomic mass is 16.5. The van der Waals surface area contributed by atoms with Crippen molar-refractivity contribution in [2.75, 3.05) is 26.4 Å². The van der Waals surface area contributed by atoms with E-state index in [0.717, 1.165) is 19.4 Å². The largest absolute Gasteiger partial charge is 0.376 e. The molecule has 0 spiro atoms. The van der Waals surface area contributed by atoms with Crippen molar-refractivity contribution in [1.29, 1.82) is 0 Å². The van der Waals surface area contributed by atoms with Crippen molar-refractivity contribution < 1.29 is 14.2 Å². The van der Waals surface area contributed by atoms with Gasteiger partial charge in [0.15, 0.2) is 0 Å². The maximum absolute atomic E-state index is 5.59. The van der Waals surface area contributed by atoms with Crippen molar-refractivity contribution in [3.05, 3.63) is 25.3 Å². The summed E-state index contributed by atoms with van der Waals surface area (Å²) in [6, 6.07) is 0. The molecule has 1 saturated heterocycles. The minimum Gasteiger partial charge on any atom is -0.376 e. The molecule has 1 rings (SSSR count). The average molecular weight is 212 g/mol. The van der Waals surface area contributed by atoms with Gasteiger partial charge in [0.1, 0.15) is 0 Å². The van der Waals surface area contributed by atoms with Crippen molar-refractivity contribution in [1.82, 2.24) is 0 Å². The summed E-state index contributed by atoms with van der Waals surface area (Å²) in [5.74, 6) is 0. The lowest BCUT2D eigenvalue weighted by Crippen LogP contribution is -2.34. The summed E-state index contributed by atoms with van der Waals surface area (Å²) in [5, 5.41) is 0. The molecule has 3 heteroatoms. The van der Waals surface area contributed by atoms with E-state index in [0.29, 0.717) is 19.8 Å². The molecular formula is C12H20O3. The highest BCUT2D eigenvalue weighted by molar-refractivity contribution is 4.74. The van der Waals surface area contributed by atoms with E-state index >= 15 is 0 Å². The zero-order valence-electron chi connectivity index (χ0n) is 9.19. The second-order valence-corrected chi connectivity index (χ2v) is 3.59. The number of hydrogen-bond acceptors (Lipinski definition) is 3. The molecule has 0 saturated carbocycles. The van der Waals surface area contributed by atoms with Crippen LogP contribution in [0.2, 0.25) is 0 Å². The van der Waals surface area contributed by atoms with Crippen molar-refractivity contribution in [2.45, 2.75) is 25.0 Å². The van der Waals surface area contributed by atoms with E-state index < -0.39 is 0 Å². The van der Waals surface area contributed by atoms with E-state index in [4.69, 9.17) is 14.2 Å². The molecule has 2 unspecified atom stereocenters. The Balaban J connectivity index is 2.16. The van der Waals surface area contributed by atoms with Crippen LogP contribution in [0.4, 0.5) is 0 Å². The van der Waals surface area contributed by atoms with Gasteiger partial charge in [0.25, 0.3) is 0 Å². The van der Waals surface area contributed by atoms with Crippen LogP contribution >= 0.6 is 0 Å². The van der Waals surface area contributed by atoms with Crippen LogP contribution in [0, 0.1) is 0 Å². The molecule has 0 aromatic carbocycles. The number of hydrogen-bond donors (Lipinski definition) is 0. The SMILES string of the molecule is C=CCOCC1CC(OCC=C)CCO1. The molecule has 0 amide bonds. The lowest BCUT2D eigenvalue weighted by Gasteiger charge is -2.29. The van der Waals surface area contributed by atoms with E-state index in [1.54, 1.807) is 12.2 Å². The van der Waals surface area contributed by atoms with Crippen LogP contribution < -0.4 is 0 Å². The van der Waals surface area contributed by atoms with E-state index in [1.807, 2.05) is 0 Å². The quantitative estimate of drug-likeness (QED) is 0.477. The van der Waals surface area contributed by atoms with E-state index in [9.17, 15) is 0 Å².